The molecule has 2 aliphatic rings. The Morgan fingerprint density at radius 1 is 1.22 bits per heavy atom. The third-order valence-corrected chi connectivity index (χ3v) is 7.02. The van der Waals surface area contributed by atoms with Gasteiger partial charge in [0.1, 0.15) is 17.0 Å². The Bertz CT molecular complexity index is 1190. The standard InChI is InChI=1S/C24H26ClN3O4/c1-24(23(30)26-15-6-4-3-5-7-15)14-27-18-10-11-32-21(18)13-19(27)22(29)28(24)16-8-9-20(31-2)17(25)12-16/h8-13,15H,3-7,14H2,1-2H3,(H,26,30)/t24-/m1/s1. The number of methoxy groups -OCH3 is 1. The molecule has 3 aromatic rings. The number of nitrogens with one attached hydrogen (secondary N) is 1. The van der Waals surface area contributed by atoms with Gasteiger partial charge in [-0.25, -0.2) is 0 Å². The van der Waals surface area contributed by atoms with Gasteiger partial charge in [-0.15, -0.1) is 0 Å². The van der Waals surface area contributed by atoms with Gasteiger partial charge < -0.3 is 19.0 Å². The normalized spacial score (nSPS) is 21.6. The van der Waals surface area contributed by atoms with Crippen LogP contribution in [0.4, 0.5) is 5.69 Å². The summed E-state index contributed by atoms with van der Waals surface area (Å²) < 4.78 is 12.7. The van der Waals surface area contributed by atoms with Crippen molar-refractivity contribution in [1.82, 2.24) is 9.88 Å². The predicted octanol–water partition coefficient (Wildman–Crippen LogP) is 4.76. The molecule has 0 bridgehead atoms. The predicted molar refractivity (Wildman–Crippen MR) is 122 cm³/mol. The molecular formula is C24H26ClN3O4. The molecule has 2 aromatic heterocycles. The number of ether oxygens (including phenoxy) is 1. The Kier molecular flexibility index (Phi) is 5.16. The van der Waals surface area contributed by atoms with E-state index in [0.29, 0.717) is 34.3 Å². The van der Waals surface area contributed by atoms with Gasteiger partial charge >= 0.3 is 0 Å². The third-order valence-electron chi connectivity index (χ3n) is 6.73. The van der Waals surface area contributed by atoms with Crippen molar-refractivity contribution in [3.63, 3.8) is 0 Å². The first-order valence-electron chi connectivity index (χ1n) is 11.0. The number of furan rings is 1. The number of hydrogen-bond donors (Lipinski definition) is 1. The summed E-state index contributed by atoms with van der Waals surface area (Å²) in [6.45, 7) is 2.12. The van der Waals surface area contributed by atoms with E-state index in [1.54, 1.807) is 35.4 Å². The van der Waals surface area contributed by atoms with Crippen molar-refractivity contribution < 1.29 is 18.7 Å². The number of amides is 2. The van der Waals surface area contributed by atoms with E-state index >= 15 is 0 Å². The van der Waals surface area contributed by atoms with Crippen LogP contribution in [0.25, 0.3) is 11.1 Å². The Hall–Kier alpha value is -2.93. The van der Waals surface area contributed by atoms with Crippen LogP contribution in [0.1, 0.15) is 49.5 Å². The van der Waals surface area contributed by atoms with Gasteiger partial charge in [0.15, 0.2) is 5.58 Å². The molecule has 8 heteroatoms. The minimum absolute atomic E-state index is 0.129. The summed E-state index contributed by atoms with van der Waals surface area (Å²) in [5, 5.41) is 3.60. The van der Waals surface area contributed by atoms with E-state index in [0.717, 1.165) is 31.2 Å². The van der Waals surface area contributed by atoms with Crippen LogP contribution < -0.4 is 15.0 Å². The van der Waals surface area contributed by atoms with E-state index in [4.69, 9.17) is 20.8 Å². The zero-order valence-corrected chi connectivity index (χ0v) is 18.9. The molecule has 1 aliphatic heterocycles. The van der Waals surface area contributed by atoms with Gasteiger partial charge in [-0.05, 0) is 38.0 Å². The van der Waals surface area contributed by atoms with Crippen molar-refractivity contribution in [3.05, 3.63) is 47.3 Å². The number of rotatable bonds is 4. The maximum absolute atomic E-state index is 13.8. The largest absolute Gasteiger partial charge is 0.495 e. The van der Waals surface area contributed by atoms with Crippen molar-refractivity contribution in [1.29, 1.82) is 0 Å². The number of aromatic nitrogens is 1. The Labute approximate surface area is 191 Å². The Morgan fingerprint density at radius 2 is 2.00 bits per heavy atom. The highest BCUT2D eigenvalue weighted by Crippen LogP contribution is 2.39. The molecule has 168 valence electrons. The van der Waals surface area contributed by atoms with Gasteiger partial charge in [-0.1, -0.05) is 30.9 Å². The molecule has 1 fully saturated rings. The van der Waals surface area contributed by atoms with Gasteiger partial charge in [0, 0.05) is 23.9 Å². The highest BCUT2D eigenvalue weighted by atomic mass is 35.5. The Morgan fingerprint density at radius 3 is 2.72 bits per heavy atom. The molecular weight excluding hydrogens is 430 g/mol. The molecule has 2 amide bonds. The first kappa shape index (κ1) is 20.9. The van der Waals surface area contributed by atoms with Gasteiger partial charge in [0.2, 0.25) is 5.91 Å². The van der Waals surface area contributed by atoms with Gasteiger partial charge in [0.05, 0.1) is 30.5 Å². The lowest BCUT2D eigenvalue weighted by Crippen LogP contribution is -2.65. The van der Waals surface area contributed by atoms with E-state index in [1.165, 1.54) is 13.5 Å². The Balaban J connectivity index is 1.60. The van der Waals surface area contributed by atoms with Crippen LogP contribution in [0.3, 0.4) is 0 Å². The maximum Gasteiger partial charge on any atom is 0.276 e. The van der Waals surface area contributed by atoms with E-state index < -0.39 is 5.54 Å². The van der Waals surface area contributed by atoms with E-state index in [9.17, 15) is 9.59 Å². The summed E-state index contributed by atoms with van der Waals surface area (Å²) in [7, 11) is 1.54. The summed E-state index contributed by atoms with van der Waals surface area (Å²) in [6.07, 6.45) is 6.93. The first-order chi connectivity index (χ1) is 15.4. The monoisotopic (exact) mass is 455 g/mol. The fourth-order valence-corrected chi connectivity index (χ4v) is 5.25. The van der Waals surface area contributed by atoms with Crippen molar-refractivity contribution in [2.24, 2.45) is 0 Å². The van der Waals surface area contributed by atoms with Crippen LogP contribution >= 0.6 is 11.6 Å². The second-order valence-electron chi connectivity index (χ2n) is 8.83. The molecule has 7 nitrogen and oxygen atoms in total. The SMILES string of the molecule is COc1ccc(N2C(=O)c3cc4occc4n3C[C@]2(C)C(=O)NC2CCCCC2)cc1Cl. The minimum atomic E-state index is -1.15. The fourth-order valence-electron chi connectivity index (χ4n) is 5.00. The van der Waals surface area contributed by atoms with Crippen LogP contribution in [0.15, 0.2) is 41.0 Å². The van der Waals surface area contributed by atoms with Gasteiger partial charge in [0.25, 0.3) is 5.91 Å². The fraction of sp³-hybridized carbons (Fsp3) is 0.417. The van der Waals surface area contributed by atoms with Crippen molar-refractivity contribution in [2.75, 3.05) is 12.0 Å². The molecule has 1 aromatic carbocycles. The molecule has 1 atom stereocenters. The average Bonchev–Trinajstić information content (AvgIpc) is 3.37. The summed E-state index contributed by atoms with van der Waals surface area (Å²) in [5.41, 5.74) is 1.30. The van der Waals surface area contributed by atoms with Crippen LogP contribution in [-0.2, 0) is 11.3 Å². The molecule has 3 heterocycles. The first-order valence-corrected chi connectivity index (χ1v) is 11.4. The lowest BCUT2D eigenvalue weighted by atomic mass is 9.91. The van der Waals surface area contributed by atoms with Gasteiger partial charge in [-0.2, -0.15) is 0 Å². The van der Waals surface area contributed by atoms with Crippen LogP contribution in [0.5, 0.6) is 5.75 Å². The number of carbonyl (C=O) groups excluding carboxylic acids is 2. The number of benzene rings is 1. The summed E-state index contributed by atoms with van der Waals surface area (Å²) in [4.78, 5) is 29.1. The van der Waals surface area contributed by atoms with Crippen LogP contribution in [-0.4, -0.2) is 35.1 Å². The lowest BCUT2D eigenvalue weighted by molar-refractivity contribution is -0.127. The van der Waals surface area contributed by atoms with Crippen molar-refractivity contribution >= 4 is 40.2 Å². The quantitative estimate of drug-likeness (QED) is 0.615. The molecule has 1 saturated carbocycles. The second kappa shape index (κ2) is 7.89. The van der Waals surface area contributed by atoms with Crippen molar-refractivity contribution in [3.8, 4) is 5.75 Å². The molecule has 0 unspecified atom stereocenters. The van der Waals surface area contributed by atoms with Crippen LogP contribution in [0.2, 0.25) is 5.02 Å². The second-order valence-corrected chi connectivity index (χ2v) is 9.23. The molecule has 32 heavy (non-hydrogen) atoms. The zero-order valence-electron chi connectivity index (χ0n) is 18.2. The lowest BCUT2D eigenvalue weighted by Gasteiger charge is -2.44. The number of anilines is 1. The average molecular weight is 456 g/mol. The molecule has 5 rings (SSSR count). The maximum atomic E-state index is 13.8. The molecule has 0 saturated heterocycles. The molecule has 0 radical (unpaired) electrons. The number of hydrogen-bond acceptors (Lipinski definition) is 4. The van der Waals surface area contributed by atoms with Gasteiger partial charge in [-0.3, -0.25) is 14.5 Å². The molecule has 1 N–H and O–H groups in total. The minimum Gasteiger partial charge on any atom is -0.495 e. The number of nitrogens with zero attached hydrogens (tertiary/aromatic N) is 2. The van der Waals surface area contributed by atoms with E-state index in [-0.39, 0.29) is 17.9 Å². The molecule has 1 aliphatic carbocycles. The highest BCUT2D eigenvalue weighted by molar-refractivity contribution is 6.32. The summed E-state index contributed by atoms with van der Waals surface area (Å²) in [5.74, 6) is 0.0694. The molecule has 0 spiro atoms. The summed E-state index contributed by atoms with van der Waals surface area (Å²) >= 11 is 6.39. The topological polar surface area (TPSA) is 76.7 Å². The highest BCUT2D eigenvalue weighted by Gasteiger charge is 2.49. The third kappa shape index (κ3) is 3.26. The smallest absolute Gasteiger partial charge is 0.276 e. The number of carbonyl (C=O) groups is 2. The van der Waals surface area contributed by atoms with Crippen molar-refractivity contribution in [2.45, 2.75) is 57.2 Å². The summed E-state index contributed by atoms with van der Waals surface area (Å²) in [6, 6.07) is 8.83. The number of fused-ring (bicyclic) bond motifs is 3. The zero-order chi connectivity index (χ0) is 22.5. The number of halogens is 1. The van der Waals surface area contributed by atoms with E-state index in [1.807, 2.05) is 17.6 Å². The van der Waals surface area contributed by atoms with Crippen LogP contribution in [0, 0.1) is 0 Å². The van der Waals surface area contributed by atoms with E-state index in [2.05, 4.69) is 5.32 Å².